The Labute approximate surface area is 93.7 Å². The maximum absolute atomic E-state index is 10.8. The van der Waals surface area contributed by atoms with Crippen molar-refractivity contribution >= 4 is 13.7 Å². The minimum absolute atomic E-state index is 0.0175. The van der Waals surface area contributed by atoms with Crippen molar-refractivity contribution in [2.24, 2.45) is 5.73 Å². The SMILES string of the molecule is NCCCC(=O)NCCCO.O=P(O)(O)O. The van der Waals surface area contributed by atoms with Gasteiger partial charge in [-0.3, -0.25) is 4.79 Å². The molecular weight excluding hydrogens is 239 g/mol. The molecule has 0 aliphatic rings. The Morgan fingerprint density at radius 3 is 2.12 bits per heavy atom. The van der Waals surface area contributed by atoms with E-state index in [4.69, 9.17) is 30.1 Å². The van der Waals surface area contributed by atoms with Gasteiger partial charge in [-0.05, 0) is 19.4 Å². The smallest absolute Gasteiger partial charge is 0.396 e. The first-order valence-corrected chi connectivity index (χ1v) is 6.23. The lowest BCUT2D eigenvalue weighted by molar-refractivity contribution is -0.121. The molecule has 0 aliphatic heterocycles. The first-order valence-electron chi connectivity index (χ1n) is 4.67. The molecule has 0 aliphatic carbocycles. The molecule has 7 N–H and O–H groups in total. The van der Waals surface area contributed by atoms with Crippen molar-refractivity contribution < 1.29 is 29.1 Å². The molecule has 0 rings (SSSR count). The number of carbonyl (C=O) groups is 1. The Hall–Kier alpha value is -0.500. The predicted molar refractivity (Wildman–Crippen MR) is 57.3 cm³/mol. The third kappa shape index (κ3) is 29.2. The molecule has 0 aromatic rings. The van der Waals surface area contributed by atoms with Gasteiger partial charge in [0.15, 0.2) is 0 Å². The predicted octanol–water partition coefficient (Wildman–Crippen LogP) is -1.70. The molecule has 98 valence electrons. The average Bonchev–Trinajstić information content (AvgIpc) is 2.12. The standard InChI is InChI=1S/C7H16N2O2.H3O4P/c8-4-1-3-7(11)9-5-2-6-10;1-5(2,3)4/h10H,1-6,8H2,(H,9,11);(H3,1,2,3,4). The van der Waals surface area contributed by atoms with Crippen molar-refractivity contribution in [1.29, 1.82) is 0 Å². The minimum atomic E-state index is -4.64. The van der Waals surface area contributed by atoms with E-state index < -0.39 is 7.82 Å². The molecule has 0 radical (unpaired) electrons. The molecule has 0 bridgehead atoms. The summed E-state index contributed by atoms with van der Waals surface area (Å²) in [6.07, 6.45) is 1.83. The van der Waals surface area contributed by atoms with Gasteiger partial charge in [0.05, 0.1) is 0 Å². The van der Waals surface area contributed by atoms with Gasteiger partial charge in [-0.1, -0.05) is 0 Å². The normalized spacial score (nSPS) is 10.3. The van der Waals surface area contributed by atoms with Crippen LogP contribution in [0.5, 0.6) is 0 Å². The molecule has 9 heteroatoms. The Morgan fingerprint density at radius 1 is 1.25 bits per heavy atom. The van der Waals surface area contributed by atoms with Crippen LogP contribution in [0, 0.1) is 0 Å². The summed E-state index contributed by atoms with van der Waals surface area (Å²) in [6.45, 7) is 1.23. The van der Waals surface area contributed by atoms with Crippen LogP contribution in [0.4, 0.5) is 0 Å². The van der Waals surface area contributed by atoms with Crippen LogP contribution in [0.1, 0.15) is 19.3 Å². The fraction of sp³-hybridized carbons (Fsp3) is 0.857. The number of phosphoric acid groups is 1. The molecule has 16 heavy (non-hydrogen) atoms. The lowest BCUT2D eigenvalue weighted by Gasteiger charge is -2.01. The lowest BCUT2D eigenvalue weighted by atomic mass is 10.3. The number of carbonyl (C=O) groups excluding carboxylic acids is 1. The topological polar surface area (TPSA) is 153 Å². The molecule has 1 amide bonds. The first-order chi connectivity index (χ1) is 7.31. The highest BCUT2D eigenvalue weighted by molar-refractivity contribution is 7.45. The fourth-order valence-electron chi connectivity index (χ4n) is 0.658. The Kier molecular flexibility index (Phi) is 12.3. The van der Waals surface area contributed by atoms with Crippen molar-refractivity contribution in [2.45, 2.75) is 19.3 Å². The molecule has 8 nitrogen and oxygen atoms in total. The maximum atomic E-state index is 10.8. The third-order valence-corrected chi connectivity index (χ3v) is 1.27. The van der Waals surface area contributed by atoms with Gasteiger partial charge in [-0.15, -0.1) is 0 Å². The van der Waals surface area contributed by atoms with Gasteiger partial charge in [-0.2, -0.15) is 0 Å². The highest BCUT2D eigenvalue weighted by Crippen LogP contribution is 2.25. The number of hydrogen-bond donors (Lipinski definition) is 6. The second kappa shape index (κ2) is 11.0. The van der Waals surface area contributed by atoms with Gasteiger partial charge < -0.3 is 30.8 Å². The zero-order chi connectivity index (χ0) is 13.0. The number of aliphatic hydroxyl groups is 1. The lowest BCUT2D eigenvalue weighted by Crippen LogP contribution is -2.25. The number of nitrogens with two attached hydrogens (primary N) is 1. The molecule has 0 saturated heterocycles. The van der Waals surface area contributed by atoms with Gasteiger partial charge >= 0.3 is 7.82 Å². The van der Waals surface area contributed by atoms with Crippen LogP contribution in [0.3, 0.4) is 0 Å². The highest BCUT2D eigenvalue weighted by atomic mass is 31.2. The van der Waals surface area contributed by atoms with E-state index in [1.165, 1.54) is 0 Å². The van der Waals surface area contributed by atoms with E-state index in [1.807, 2.05) is 0 Å². The van der Waals surface area contributed by atoms with Crippen LogP contribution >= 0.6 is 7.82 Å². The van der Waals surface area contributed by atoms with E-state index in [-0.39, 0.29) is 12.5 Å². The van der Waals surface area contributed by atoms with Gasteiger partial charge in [0.1, 0.15) is 0 Å². The molecule has 0 saturated carbocycles. The number of hydrogen-bond acceptors (Lipinski definition) is 4. The van der Waals surface area contributed by atoms with Crippen LogP contribution in [0.15, 0.2) is 0 Å². The van der Waals surface area contributed by atoms with E-state index in [1.54, 1.807) is 0 Å². The maximum Gasteiger partial charge on any atom is 0.466 e. The van der Waals surface area contributed by atoms with Crippen molar-refractivity contribution in [1.82, 2.24) is 5.32 Å². The number of amides is 1. The van der Waals surface area contributed by atoms with Crippen molar-refractivity contribution in [3.63, 3.8) is 0 Å². The molecule has 0 atom stereocenters. The number of rotatable bonds is 6. The van der Waals surface area contributed by atoms with Crippen molar-refractivity contribution in [3.8, 4) is 0 Å². The molecule has 0 aromatic heterocycles. The summed E-state index contributed by atoms with van der Waals surface area (Å²) in [5.74, 6) is 0.0175. The zero-order valence-electron chi connectivity index (χ0n) is 8.87. The van der Waals surface area contributed by atoms with Gasteiger partial charge in [0.2, 0.25) is 5.91 Å². The van der Waals surface area contributed by atoms with E-state index in [2.05, 4.69) is 5.32 Å². The number of aliphatic hydroxyl groups excluding tert-OH is 1. The van der Waals surface area contributed by atoms with E-state index in [0.29, 0.717) is 25.9 Å². The fourth-order valence-corrected chi connectivity index (χ4v) is 0.658. The third-order valence-electron chi connectivity index (χ3n) is 1.27. The van der Waals surface area contributed by atoms with Crippen molar-refractivity contribution in [3.05, 3.63) is 0 Å². The minimum Gasteiger partial charge on any atom is -0.396 e. The summed E-state index contributed by atoms with van der Waals surface area (Å²) in [6, 6.07) is 0. The zero-order valence-corrected chi connectivity index (χ0v) is 9.77. The molecule has 0 aromatic carbocycles. The summed E-state index contributed by atoms with van der Waals surface area (Å²) in [7, 11) is -4.64. The van der Waals surface area contributed by atoms with Crippen LogP contribution in [0.2, 0.25) is 0 Å². The summed E-state index contributed by atoms with van der Waals surface area (Å²) < 4.78 is 8.88. The molecular formula is C7H19N2O6P. The molecule has 0 unspecified atom stereocenters. The Balaban J connectivity index is 0. The average molecular weight is 258 g/mol. The summed E-state index contributed by atoms with van der Waals surface area (Å²) in [4.78, 5) is 32.4. The monoisotopic (exact) mass is 258 g/mol. The Bertz CT molecular complexity index is 211. The van der Waals surface area contributed by atoms with E-state index >= 15 is 0 Å². The second-order valence-corrected chi connectivity index (χ2v) is 3.86. The van der Waals surface area contributed by atoms with Gasteiger partial charge in [0.25, 0.3) is 0 Å². The summed E-state index contributed by atoms with van der Waals surface area (Å²) in [5, 5.41) is 11.0. The first kappa shape index (κ1) is 17.9. The summed E-state index contributed by atoms with van der Waals surface area (Å²) in [5.41, 5.74) is 5.21. The largest absolute Gasteiger partial charge is 0.466 e. The van der Waals surface area contributed by atoms with Crippen LogP contribution in [0.25, 0.3) is 0 Å². The van der Waals surface area contributed by atoms with Crippen molar-refractivity contribution in [2.75, 3.05) is 19.7 Å². The van der Waals surface area contributed by atoms with E-state index in [9.17, 15) is 4.79 Å². The molecule has 0 heterocycles. The highest BCUT2D eigenvalue weighted by Gasteiger charge is 2.00. The Morgan fingerprint density at radius 2 is 1.75 bits per heavy atom. The van der Waals surface area contributed by atoms with E-state index in [0.717, 1.165) is 6.42 Å². The quantitative estimate of drug-likeness (QED) is 0.245. The van der Waals surface area contributed by atoms with Crippen LogP contribution in [-0.2, 0) is 9.36 Å². The van der Waals surface area contributed by atoms with Crippen LogP contribution < -0.4 is 11.1 Å². The summed E-state index contributed by atoms with van der Waals surface area (Å²) >= 11 is 0. The van der Waals surface area contributed by atoms with Gasteiger partial charge in [0, 0.05) is 19.6 Å². The van der Waals surface area contributed by atoms with Crippen LogP contribution in [-0.4, -0.2) is 45.4 Å². The molecule has 0 fully saturated rings. The second-order valence-electron chi connectivity index (χ2n) is 2.83. The molecule has 0 spiro atoms. The number of nitrogens with one attached hydrogen (secondary N) is 1. The van der Waals surface area contributed by atoms with Gasteiger partial charge in [-0.25, -0.2) is 4.57 Å².